The van der Waals surface area contributed by atoms with Crippen molar-refractivity contribution in [3.05, 3.63) is 28.2 Å². The van der Waals surface area contributed by atoms with E-state index < -0.39 is 0 Å². The highest BCUT2D eigenvalue weighted by atomic mass is 79.9. The predicted molar refractivity (Wildman–Crippen MR) is 76.3 cm³/mol. The highest BCUT2D eigenvalue weighted by molar-refractivity contribution is 9.10. The van der Waals surface area contributed by atoms with Gasteiger partial charge in [-0.3, -0.25) is 4.79 Å². The fourth-order valence-corrected chi connectivity index (χ4v) is 1.95. The maximum Gasteiger partial charge on any atom is 0.253 e. The van der Waals surface area contributed by atoms with E-state index in [1.54, 1.807) is 24.1 Å². The van der Waals surface area contributed by atoms with Gasteiger partial charge in [-0.25, -0.2) is 0 Å². The SMILES string of the molecule is CN(CCOCC1CC1)C(=O)c1ccc(Br)c(O)c1. The summed E-state index contributed by atoms with van der Waals surface area (Å²) in [6.45, 7) is 1.92. The normalized spacial score (nSPS) is 14.4. The number of ether oxygens (including phenoxy) is 1. The van der Waals surface area contributed by atoms with E-state index in [0.717, 1.165) is 12.5 Å². The van der Waals surface area contributed by atoms with Gasteiger partial charge >= 0.3 is 0 Å². The Kier molecular flexibility index (Phi) is 4.82. The second-order valence-corrected chi connectivity index (χ2v) is 5.77. The third-order valence-corrected chi connectivity index (χ3v) is 3.83. The molecule has 0 radical (unpaired) electrons. The van der Waals surface area contributed by atoms with Crippen LogP contribution in [-0.2, 0) is 4.74 Å². The first-order chi connectivity index (χ1) is 9.08. The molecule has 0 unspecified atom stereocenters. The minimum atomic E-state index is -0.113. The summed E-state index contributed by atoms with van der Waals surface area (Å²) < 4.78 is 6.09. The minimum Gasteiger partial charge on any atom is -0.507 e. The Balaban J connectivity index is 1.81. The van der Waals surface area contributed by atoms with Crippen molar-refractivity contribution in [2.45, 2.75) is 12.8 Å². The summed E-state index contributed by atoms with van der Waals surface area (Å²) in [4.78, 5) is 13.7. The molecule has 1 aliphatic rings. The number of likely N-dealkylation sites (N-methyl/N-ethyl adjacent to an activating group) is 1. The number of halogens is 1. The largest absolute Gasteiger partial charge is 0.507 e. The fraction of sp³-hybridized carbons (Fsp3) is 0.500. The van der Waals surface area contributed by atoms with E-state index in [0.29, 0.717) is 23.2 Å². The Morgan fingerprint density at radius 1 is 1.53 bits per heavy atom. The monoisotopic (exact) mass is 327 g/mol. The number of amides is 1. The number of aromatic hydroxyl groups is 1. The molecule has 1 aliphatic carbocycles. The first kappa shape index (κ1) is 14.3. The van der Waals surface area contributed by atoms with Gasteiger partial charge in [0.25, 0.3) is 5.91 Å². The lowest BCUT2D eigenvalue weighted by atomic mass is 10.2. The second-order valence-electron chi connectivity index (χ2n) is 4.91. The number of phenolic OH excluding ortho intramolecular Hbond substituents is 1. The predicted octanol–water partition coefficient (Wildman–Crippen LogP) is 2.65. The van der Waals surface area contributed by atoms with Gasteiger partial charge in [0.15, 0.2) is 0 Å². The van der Waals surface area contributed by atoms with Gasteiger partial charge in [-0.2, -0.15) is 0 Å². The molecule has 5 heteroatoms. The maximum atomic E-state index is 12.1. The van der Waals surface area contributed by atoms with Gasteiger partial charge in [-0.15, -0.1) is 0 Å². The van der Waals surface area contributed by atoms with Crippen LogP contribution in [0, 0.1) is 5.92 Å². The van der Waals surface area contributed by atoms with Crippen LogP contribution >= 0.6 is 15.9 Å². The maximum absolute atomic E-state index is 12.1. The van der Waals surface area contributed by atoms with E-state index in [4.69, 9.17) is 4.74 Å². The van der Waals surface area contributed by atoms with Crippen molar-refractivity contribution >= 4 is 21.8 Å². The number of nitrogens with zero attached hydrogens (tertiary/aromatic N) is 1. The molecule has 1 amide bonds. The second kappa shape index (κ2) is 6.39. The van der Waals surface area contributed by atoms with E-state index in [9.17, 15) is 9.90 Å². The molecule has 0 aromatic heterocycles. The van der Waals surface area contributed by atoms with Crippen LogP contribution in [0.5, 0.6) is 5.75 Å². The lowest BCUT2D eigenvalue weighted by molar-refractivity contribution is 0.0681. The molecular weight excluding hydrogens is 310 g/mol. The van der Waals surface area contributed by atoms with Crippen molar-refractivity contribution in [1.29, 1.82) is 0 Å². The molecule has 4 nitrogen and oxygen atoms in total. The summed E-state index contributed by atoms with van der Waals surface area (Å²) in [6.07, 6.45) is 2.54. The standard InChI is InChI=1S/C14H18BrNO3/c1-16(6-7-19-9-10-2-3-10)14(18)11-4-5-12(15)13(17)8-11/h4-5,8,10,17H,2-3,6-7,9H2,1H3. The molecule has 104 valence electrons. The molecule has 1 N–H and O–H groups in total. The summed E-state index contributed by atoms with van der Waals surface area (Å²) in [6, 6.07) is 4.82. The molecule has 1 aromatic carbocycles. The molecule has 0 saturated heterocycles. The topological polar surface area (TPSA) is 49.8 Å². The molecular formula is C14H18BrNO3. The Morgan fingerprint density at radius 3 is 2.89 bits per heavy atom. The number of phenols is 1. The molecule has 1 saturated carbocycles. The van der Waals surface area contributed by atoms with Gasteiger partial charge in [0.1, 0.15) is 5.75 Å². The number of rotatable bonds is 6. The number of hydrogen-bond acceptors (Lipinski definition) is 3. The van der Waals surface area contributed by atoms with E-state index in [1.807, 2.05) is 0 Å². The van der Waals surface area contributed by atoms with Gasteiger partial charge in [-0.05, 0) is 52.9 Å². The Morgan fingerprint density at radius 2 is 2.26 bits per heavy atom. The fourth-order valence-electron chi connectivity index (χ4n) is 1.70. The number of benzene rings is 1. The van der Waals surface area contributed by atoms with Crippen molar-refractivity contribution in [1.82, 2.24) is 4.90 Å². The first-order valence-electron chi connectivity index (χ1n) is 6.39. The molecule has 0 bridgehead atoms. The van der Waals surface area contributed by atoms with Crippen LogP contribution < -0.4 is 0 Å². The quantitative estimate of drug-likeness (QED) is 0.817. The van der Waals surface area contributed by atoms with Crippen molar-refractivity contribution in [2.75, 3.05) is 26.8 Å². The van der Waals surface area contributed by atoms with Crippen molar-refractivity contribution in [3.8, 4) is 5.75 Å². The minimum absolute atomic E-state index is 0.0734. The highest BCUT2D eigenvalue weighted by Crippen LogP contribution is 2.28. The zero-order valence-corrected chi connectivity index (χ0v) is 12.5. The molecule has 1 aromatic rings. The molecule has 2 rings (SSSR count). The molecule has 0 aliphatic heterocycles. The van der Waals surface area contributed by atoms with Crippen molar-refractivity contribution in [3.63, 3.8) is 0 Å². The average molecular weight is 328 g/mol. The van der Waals surface area contributed by atoms with Gasteiger partial charge in [0.2, 0.25) is 0 Å². The zero-order chi connectivity index (χ0) is 13.8. The van der Waals surface area contributed by atoms with Crippen LogP contribution in [0.15, 0.2) is 22.7 Å². The van der Waals surface area contributed by atoms with Crippen LogP contribution in [0.25, 0.3) is 0 Å². The lowest BCUT2D eigenvalue weighted by Gasteiger charge is -2.17. The van der Waals surface area contributed by atoms with Crippen molar-refractivity contribution in [2.24, 2.45) is 5.92 Å². The van der Waals surface area contributed by atoms with Gasteiger partial charge in [-0.1, -0.05) is 0 Å². The molecule has 0 heterocycles. The Hall–Kier alpha value is -1.07. The summed E-state index contributed by atoms with van der Waals surface area (Å²) in [5.74, 6) is 0.700. The Labute approximate surface area is 121 Å². The highest BCUT2D eigenvalue weighted by Gasteiger charge is 2.21. The molecule has 0 spiro atoms. The number of carbonyl (C=O) groups excluding carboxylic acids is 1. The molecule has 0 atom stereocenters. The zero-order valence-electron chi connectivity index (χ0n) is 10.9. The Bertz CT molecular complexity index is 460. The van der Waals surface area contributed by atoms with Gasteiger partial charge < -0.3 is 14.7 Å². The smallest absolute Gasteiger partial charge is 0.253 e. The van der Waals surface area contributed by atoms with E-state index in [1.165, 1.54) is 18.9 Å². The number of hydrogen-bond donors (Lipinski definition) is 1. The summed E-state index contributed by atoms with van der Waals surface area (Å²) in [5, 5.41) is 9.57. The van der Waals surface area contributed by atoms with Crippen LogP contribution in [-0.4, -0.2) is 42.7 Å². The summed E-state index contributed by atoms with van der Waals surface area (Å²) >= 11 is 3.19. The van der Waals surface area contributed by atoms with E-state index in [-0.39, 0.29) is 11.7 Å². The van der Waals surface area contributed by atoms with Crippen LogP contribution in [0.4, 0.5) is 0 Å². The van der Waals surface area contributed by atoms with Gasteiger partial charge in [0, 0.05) is 25.8 Å². The van der Waals surface area contributed by atoms with Crippen LogP contribution in [0.1, 0.15) is 23.2 Å². The van der Waals surface area contributed by atoms with Gasteiger partial charge in [0.05, 0.1) is 11.1 Å². The summed E-state index contributed by atoms with van der Waals surface area (Å²) in [5.41, 5.74) is 0.477. The summed E-state index contributed by atoms with van der Waals surface area (Å²) in [7, 11) is 1.74. The lowest BCUT2D eigenvalue weighted by Crippen LogP contribution is -2.30. The molecule has 19 heavy (non-hydrogen) atoms. The van der Waals surface area contributed by atoms with Crippen LogP contribution in [0.2, 0.25) is 0 Å². The molecule has 1 fully saturated rings. The first-order valence-corrected chi connectivity index (χ1v) is 7.19. The number of carbonyl (C=O) groups is 1. The van der Waals surface area contributed by atoms with E-state index >= 15 is 0 Å². The third-order valence-electron chi connectivity index (χ3n) is 3.16. The van der Waals surface area contributed by atoms with Crippen LogP contribution in [0.3, 0.4) is 0 Å². The average Bonchev–Trinajstić information content (AvgIpc) is 3.21. The van der Waals surface area contributed by atoms with Crippen molar-refractivity contribution < 1.29 is 14.6 Å². The third kappa shape index (κ3) is 4.21. The van der Waals surface area contributed by atoms with E-state index in [2.05, 4.69) is 15.9 Å².